The average molecular weight is 242 g/mol. The van der Waals surface area contributed by atoms with Crippen molar-refractivity contribution in [2.45, 2.75) is 39.7 Å². The lowest BCUT2D eigenvalue weighted by Gasteiger charge is -2.35. The van der Waals surface area contributed by atoms with Gasteiger partial charge in [-0.05, 0) is 25.2 Å². The number of nitrogens with zero attached hydrogens (tertiary/aromatic N) is 1. The molecule has 17 heavy (non-hydrogen) atoms. The van der Waals surface area contributed by atoms with Gasteiger partial charge in [0.15, 0.2) is 0 Å². The summed E-state index contributed by atoms with van der Waals surface area (Å²) < 4.78 is 0. The number of carboxylic acids is 1. The summed E-state index contributed by atoms with van der Waals surface area (Å²) in [7, 11) is 0. The predicted molar refractivity (Wildman–Crippen MR) is 64.8 cm³/mol. The van der Waals surface area contributed by atoms with Crippen LogP contribution >= 0.6 is 0 Å². The number of nitrogens with one attached hydrogen (secondary N) is 1. The summed E-state index contributed by atoms with van der Waals surface area (Å²) in [6.45, 7) is 7.57. The molecular weight excluding hydrogens is 220 g/mol. The van der Waals surface area contributed by atoms with Gasteiger partial charge in [-0.1, -0.05) is 13.8 Å². The third-order valence-electron chi connectivity index (χ3n) is 3.47. The van der Waals surface area contributed by atoms with Gasteiger partial charge >= 0.3 is 12.0 Å². The zero-order valence-electron chi connectivity index (χ0n) is 10.8. The molecule has 0 aromatic rings. The van der Waals surface area contributed by atoms with Gasteiger partial charge in [0.2, 0.25) is 0 Å². The summed E-state index contributed by atoms with van der Waals surface area (Å²) in [5, 5.41) is 11.3. The summed E-state index contributed by atoms with van der Waals surface area (Å²) in [6, 6.07) is -0.466. The number of hydrogen-bond acceptors (Lipinski definition) is 2. The van der Waals surface area contributed by atoms with Crippen LogP contribution in [0, 0.1) is 11.8 Å². The van der Waals surface area contributed by atoms with Crippen molar-refractivity contribution < 1.29 is 14.7 Å². The van der Waals surface area contributed by atoms with Gasteiger partial charge in [0.05, 0.1) is 6.42 Å². The van der Waals surface area contributed by atoms with Crippen molar-refractivity contribution in [2.24, 2.45) is 11.8 Å². The number of carboxylic acid groups (broad SMARTS) is 1. The Morgan fingerprint density at radius 2 is 2.06 bits per heavy atom. The van der Waals surface area contributed by atoms with E-state index in [1.807, 2.05) is 0 Å². The fourth-order valence-corrected chi connectivity index (χ4v) is 2.06. The molecule has 3 atom stereocenters. The second-order valence-corrected chi connectivity index (χ2v) is 5.14. The Hall–Kier alpha value is -1.26. The van der Waals surface area contributed by atoms with E-state index in [9.17, 15) is 9.59 Å². The van der Waals surface area contributed by atoms with Crippen LogP contribution in [0.25, 0.3) is 0 Å². The molecule has 5 heteroatoms. The van der Waals surface area contributed by atoms with Crippen LogP contribution in [0.1, 0.15) is 33.6 Å². The van der Waals surface area contributed by atoms with Crippen LogP contribution in [-0.4, -0.2) is 41.1 Å². The zero-order chi connectivity index (χ0) is 13.0. The molecule has 2 N–H and O–H groups in total. The van der Waals surface area contributed by atoms with Crippen molar-refractivity contribution in [3.05, 3.63) is 0 Å². The normalized spacial score (nSPS) is 26.4. The fourth-order valence-electron chi connectivity index (χ4n) is 2.06. The first-order valence-electron chi connectivity index (χ1n) is 6.17. The van der Waals surface area contributed by atoms with Gasteiger partial charge in [0.25, 0.3) is 0 Å². The minimum Gasteiger partial charge on any atom is -0.481 e. The molecule has 1 aliphatic heterocycles. The van der Waals surface area contributed by atoms with Crippen LogP contribution in [0.2, 0.25) is 0 Å². The molecule has 1 fully saturated rings. The summed E-state index contributed by atoms with van der Waals surface area (Å²) >= 11 is 0. The van der Waals surface area contributed by atoms with Gasteiger partial charge < -0.3 is 15.3 Å². The number of aliphatic carboxylic acids is 1. The van der Waals surface area contributed by atoms with E-state index >= 15 is 0 Å². The highest BCUT2D eigenvalue weighted by Gasteiger charge is 2.26. The predicted octanol–water partition coefficient (Wildman–Crippen LogP) is 1.54. The van der Waals surface area contributed by atoms with E-state index < -0.39 is 5.97 Å². The smallest absolute Gasteiger partial charge is 0.317 e. The van der Waals surface area contributed by atoms with Crippen LogP contribution in [-0.2, 0) is 4.79 Å². The topological polar surface area (TPSA) is 69.6 Å². The van der Waals surface area contributed by atoms with Crippen molar-refractivity contribution in [3.63, 3.8) is 0 Å². The number of carbonyl (C=O) groups excluding carboxylic acids is 1. The maximum Gasteiger partial charge on any atom is 0.317 e. The number of hydrogen-bond donors (Lipinski definition) is 2. The first kappa shape index (κ1) is 13.8. The second-order valence-electron chi connectivity index (χ2n) is 5.14. The third-order valence-corrected chi connectivity index (χ3v) is 3.47. The van der Waals surface area contributed by atoms with Gasteiger partial charge in [-0.15, -0.1) is 0 Å². The lowest BCUT2D eigenvalue weighted by atomic mass is 9.89. The molecule has 0 spiro atoms. The molecular formula is C12H22N2O3. The van der Waals surface area contributed by atoms with Crippen LogP contribution in [0.15, 0.2) is 0 Å². The number of piperidine rings is 1. The van der Waals surface area contributed by atoms with Crippen LogP contribution in [0.5, 0.6) is 0 Å². The molecule has 0 aromatic carbocycles. The van der Waals surface area contributed by atoms with Crippen LogP contribution < -0.4 is 5.32 Å². The van der Waals surface area contributed by atoms with E-state index in [4.69, 9.17) is 5.11 Å². The van der Waals surface area contributed by atoms with Crippen molar-refractivity contribution in [1.82, 2.24) is 10.2 Å². The minimum absolute atomic E-state index is 0.0362. The lowest BCUT2D eigenvalue weighted by Crippen LogP contribution is -2.49. The highest BCUT2D eigenvalue weighted by atomic mass is 16.4. The molecule has 3 unspecified atom stereocenters. The molecule has 0 radical (unpaired) electrons. The highest BCUT2D eigenvalue weighted by Crippen LogP contribution is 2.22. The zero-order valence-corrected chi connectivity index (χ0v) is 10.8. The lowest BCUT2D eigenvalue weighted by molar-refractivity contribution is -0.137. The Balaban J connectivity index is 2.40. The second kappa shape index (κ2) is 5.89. The molecule has 98 valence electrons. The Morgan fingerprint density at radius 3 is 2.59 bits per heavy atom. The van der Waals surface area contributed by atoms with Crippen molar-refractivity contribution in [2.75, 3.05) is 13.1 Å². The fraction of sp³-hybridized carbons (Fsp3) is 0.833. The molecule has 2 amide bonds. The highest BCUT2D eigenvalue weighted by molar-refractivity contribution is 5.76. The Morgan fingerprint density at radius 1 is 1.41 bits per heavy atom. The number of urea groups is 1. The van der Waals surface area contributed by atoms with Gasteiger partial charge in [-0.25, -0.2) is 4.79 Å². The summed E-state index contributed by atoms with van der Waals surface area (Å²) in [4.78, 5) is 24.1. The van der Waals surface area contributed by atoms with Gasteiger partial charge in [0, 0.05) is 19.1 Å². The molecule has 5 nitrogen and oxygen atoms in total. The van der Waals surface area contributed by atoms with Crippen molar-refractivity contribution in [3.8, 4) is 0 Å². The largest absolute Gasteiger partial charge is 0.481 e. The SMILES string of the molecule is CC(CC(=O)O)NC(=O)N1CCC(C)C(C)C1. The quantitative estimate of drug-likeness (QED) is 0.788. The Labute approximate surface area is 102 Å². The van der Waals surface area contributed by atoms with Crippen LogP contribution in [0.3, 0.4) is 0 Å². The van der Waals surface area contributed by atoms with Gasteiger partial charge in [-0.3, -0.25) is 4.79 Å². The van der Waals surface area contributed by atoms with Crippen LogP contribution in [0.4, 0.5) is 4.79 Å². The van der Waals surface area contributed by atoms with Crippen molar-refractivity contribution in [1.29, 1.82) is 0 Å². The molecule has 1 heterocycles. The summed E-state index contributed by atoms with van der Waals surface area (Å²) in [5.41, 5.74) is 0. The Bertz CT molecular complexity index is 293. The monoisotopic (exact) mass is 242 g/mol. The van der Waals surface area contributed by atoms with E-state index in [1.54, 1.807) is 11.8 Å². The van der Waals surface area contributed by atoms with E-state index in [0.29, 0.717) is 11.8 Å². The number of rotatable bonds is 3. The first-order chi connectivity index (χ1) is 7.90. The molecule has 0 bridgehead atoms. The average Bonchev–Trinajstić information content (AvgIpc) is 2.20. The standard InChI is InChI=1S/C12H22N2O3/c1-8-4-5-14(7-9(8)2)12(17)13-10(3)6-11(15)16/h8-10H,4-7H2,1-3H3,(H,13,17)(H,15,16). The molecule has 1 saturated heterocycles. The molecule has 0 aliphatic carbocycles. The Kier molecular flexibility index (Phi) is 4.78. The van der Waals surface area contributed by atoms with E-state index in [1.165, 1.54) is 0 Å². The first-order valence-corrected chi connectivity index (χ1v) is 6.17. The summed E-state index contributed by atoms with van der Waals surface area (Å²) in [5.74, 6) is 0.262. The maximum atomic E-state index is 11.9. The summed E-state index contributed by atoms with van der Waals surface area (Å²) in [6.07, 6.45) is 0.980. The molecule has 0 saturated carbocycles. The maximum absolute atomic E-state index is 11.9. The number of likely N-dealkylation sites (tertiary alicyclic amines) is 1. The third kappa shape index (κ3) is 4.24. The van der Waals surface area contributed by atoms with Gasteiger partial charge in [-0.2, -0.15) is 0 Å². The number of carbonyl (C=O) groups is 2. The molecule has 1 rings (SSSR count). The molecule has 0 aromatic heterocycles. The molecule has 1 aliphatic rings. The minimum atomic E-state index is -0.890. The van der Waals surface area contributed by atoms with E-state index in [0.717, 1.165) is 19.5 Å². The van der Waals surface area contributed by atoms with Gasteiger partial charge in [0.1, 0.15) is 0 Å². The number of amides is 2. The van der Waals surface area contributed by atoms with Crippen molar-refractivity contribution >= 4 is 12.0 Å². The van der Waals surface area contributed by atoms with E-state index in [2.05, 4.69) is 19.2 Å². The van der Waals surface area contributed by atoms with E-state index in [-0.39, 0.29) is 18.5 Å².